The van der Waals surface area contributed by atoms with Gasteiger partial charge in [-0.3, -0.25) is 14.4 Å². The van der Waals surface area contributed by atoms with Gasteiger partial charge in [0.25, 0.3) is 0 Å². The van der Waals surface area contributed by atoms with E-state index < -0.39 is 6.10 Å². The van der Waals surface area contributed by atoms with Gasteiger partial charge in [-0.15, -0.1) is 0 Å². The van der Waals surface area contributed by atoms with E-state index in [0.717, 1.165) is 69.6 Å². The minimum atomic E-state index is -0.762. The van der Waals surface area contributed by atoms with Gasteiger partial charge < -0.3 is 14.2 Å². The first-order valence-electron chi connectivity index (χ1n) is 28.7. The molecule has 0 spiro atoms. The highest BCUT2D eigenvalue weighted by molar-refractivity contribution is 5.71. The molecule has 0 saturated carbocycles. The Bertz CT molecular complexity index is 978. The lowest BCUT2D eigenvalue weighted by atomic mass is 10.0. The van der Waals surface area contributed by atoms with Crippen LogP contribution in [0.2, 0.25) is 0 Å². The van der Waals surface area contributed by atoms with E-state index in [9.17, 15) is 14.4 Å². The van der Waals surface area contributed by atoms with Crippen LogP contribution in [-0.2, 0) is 28.6 Å². The Balaban J connectivity index is 4.31. The van der Waals surface area contributed by atoms with E-state index in [0.29, 0.717) is 19.3 Å². The van der Waals surface area contributed by atoms with E-state index in [1.165, 1.54) is 212 Å². The van der Waals surface area contributed by atoms with Crippen LogP contribution in [0.25, 0.3) is 0 Å². The smallest absolute Gasteiger partial charge is 0.306 e. The van der Waals surface area contributed by atoms with Crippen molar-refractivity contribution in [3.8, 4) is 0 Å². The summed E-state index contributed by atoms with van der Waals surface area (Å²) in [5.41, 5.74) is 0. The molecule has 0 aromatic heterocycles. The summed E-state index contributed by atoms with van der Waals surface area (Å²) in [4.78, 5) is 38.1. The van der Waals surface area contributed by atoms with E-state index >= 15 is 0 Å². The molecule has 0 N–H and O–H groups in total. The third kappa shape index (κ3) is 51.4. The molecule has 0 bridgehead atoms. The molecule has 6 heteroatoms. The van der Waals surface area contributed by atoms with Gasteiger partial charge in [0.2, 0.25) is 0 Å². The number of ether oxygens (including phenoxy) is 3. The van der Waals surface area contributed by atoms with Crippen molar-refractivity contribution in [2.75, 3.05) is 13.2 Å². The number of esters is 3. The van der Waals surface area contributed by atoms with Crippen molar-refractivity contribution in [3.63, 3.8) is 0 Å². The Morgan fingerprint density at radius 2 is 0.516 bits per heavy atom. The maximum atomic E-state index is 12.8. The predicted octanol–water partition coefficient (Wildman–Crippen LogP) is 18.9. The molecule has 0 radical (unpaired) electrons. The van der Waals surface area contributed by atoms with Gasteiger partial charge in [-0.2, -0.15) is 0 Å². The number of rotatable bonds is 52. The standard InChI is InChI=1S/C58H112O6/c1-6-7-8-9-10-11-12-13-14-17-25-30-35-40-45-50-58(61)64-55(52-63-57(60)49-44-39-34-29-24-20-19-22-27-32-37-42-47-54(4)5)51-62-56(59)48-43-38-33-28-23-18-15-16-21-26-31-36-41-46-53(2)3/h53-55H,6-52H2,1-5H3/t55-/m1/s1. The molecule has 0 aliphatic rings. The molecule has 0 unspecified atom stereocenters. The Kier molecular flexibility index (Phi) is 49.6. The van der Waals surface area contributed by atoms with Crippen molar-refractivity contribution in [1.82, 2.24) is 0 Å². The Morgan fingerprint density at radius 1 is 0.297 bits per heavy atom. The molecule has 0 amide bonds. The topological polar surface area (TPSA) is 78.9 Å². The minimum Gasteiger partial charge on any atom is -0.462 e. The fourth-order valence-corrected chi connectivity index (χ4v) is 8.87. The molecular weight excluding hydrogens is 793 g/mol. The molecule has 380 valence electrons. The second-order valence-electron chi connectivity index (χ2n) is 20.9. The van der Waals surface area contributed by atoms with Gasteiger partial charge in [0.15, 0.2) is 6.10 Å². The summed E-state index contributed by atoms with van der Waals surface area (Å²) in [6.07, 6.45) is 53.7. The van der Waals surface area contributed by atoms with Crippen molar-refractivity contribution < 1.29 is 28.6 Å². The molecular formula is C58H112O6. The second kappa shape index (κ2) is 50.8. The van der Waals surface area contributed by atoms with E-state index in [-0.39, 0.29) is 31.1 Å². The molecule has 0 aromatic carbocycles. The molecule has 0 fully saturated rings. The molecule has 0 heterocycles. The minimum absolute atomic E-state index is 0.0627. The lowest BCUT2D eigenvalue weighted by molar-refractivity contribution is -0.167. The lowest BCUT2D eigenvalue weighted by Crippen LogP contribution is -2.30. The molecule has 1 atom stereocenters. The maximum absolute atomic E-state index is 12.8. The second-order valence-corrected chi connectivity index (χ2v) is 20.9. The van der Waals surface area contributed by atoms with Crippen molar-refractivity contribution in [1.29, 1.82) is 0 Å². The van der Waals surface area contributed by atoms with Gasteiger partial charge in [-0.1, -0.05) is 285 Å². The summed E-state index contributed by atoms with van der Waals surface area (Å²) in [6.45, 7) is 11.4. The van der Waals surface area contributed by atoms with E-state index in [4.69, 9.17) is 14.2 Å². The zero-order chi connectivity index (χ0) is 46.8. The van der Waals surface area contributed by atoms with Gasteiger partial charge >= 0.3 is 17.9 Å². The molecule has 64 heavy (non-hydrogen) atoms. The molecule has 0 aliphatic heterocycles. The van der Waals surface area contributed by atoms with Crippen LogP contribution in [0, 0.1) is 11.8 Å². The van der Waals surface area contributed by atoms with Crippen molar-refractivity contribution in [3.05, 3.63) is 0 Å². The first kappa shape index (κ1) is 62.4. The van der Waals surface area contributed by atoms with Crippen LogP contribution in [0.1, 0.15) is 324 Å². The van der Waals surface area contributed by atoms with Crippen molar-refractivity contribution in [2.45, 2.75) is 330 Å². The third-order valence-corrected chi connectivity index (χ3v) is 13.2. The fraction of sp³-hybridized carbons (Fsp3) is 0.948. The molecule has 0 aliphatic carbocycles. The largest absolute Gasteiger partial charge is 0.462 e. The van der Waals surface area contributed by atoms with Crippen molar-refractivity contribution >= 4 is 17.9 Å². The van der Waals surface area contributed by atoms with Crippen LogP contribution in [0.3, 0.4) is 0 Å². The zero-order valence-electron chi connectivity index (χ0n) is 43.9. The summed E-state index contributed by atoms with van der Waals surface area (Å²) in [5, 5.41) is 0. The molecule has 0 rings (SSSR count). The van der Waals surface area contributed by atoms with E-state index in [2.05, 4.69) is 34.6 Å². The number of carbonyl (C=O) groups excluding carboxylic acids is 3. The normalized spacial score (nSPS) is 12.0. The fourth-order valence-electron chi connectivity index (χ4n) is 8.87. The van der Waals surface area contributed by atoms with E-state index in [1.54, 1.807) is 0 Å². The lowest BCUT2D eigenvalue weighted by Gasteiger charge is -2.18. The van der Waals surface area contributed by atoms with Crippen LogP contribution in [0.15, 0.2) is 0 Å². The van der Waals surface area contributed by atoms with Crippen LogP contribution >= 0.6 is 0 Å². The SMILES string of the molecule is CCCCCCCCCCCCCCCCCC(=O)O[C@H](COC(=O)CCCCCCCCCCCCCCCC(C)C)COC(=O)CCCCCCCCCCCCCCC(C)C. The van der Waals surface area contributed by atoms with Crippen LogP contribution in [0.5, 0.6) is 0 Å². The maximum Gasteiger partial charge on any atom is 0.306 e. The Hall–Kier alpha value is -1.59. The highest BCUT2D eigenvalue weighted by Gasteiger charge is 2.19. The average Bonchev–Trinajstić information content (AvgIpc) is 3.27. The van der Waals surface area contributed by atoms with Gasteiger partial charge in [0, 0.05) is 19.3 Å². The Morgan fingerprint density at radius 3 is 0.766 bits per heavy atom. The van der Waals surface area contributed by atoms with Gasteiger partial charge in [-0.05, 0) is 31.1 Å². The summed E-state index contributed by atoms with van der Waals surface area (Å²) < 4.78 is 16.9. The highest BCUT2D eigenvalue weighted by Crippen LogP contribution is 2.18. The van der Waals surface area contributed by atoms with Crippen molar-refractivity contribution in [2.24, 2.45) is 11.8 Å². The molecule has 0 saturated heterocycles. The first-order valence-corrected chi connectivity index (χ1v) is 28.7. The summed E-state index contributed by atoms with van der Waals surface area (Å²) in [6, 6.07) is 0. The third-order valence-electron chi connectivity index (χ3n) is 13.2. The Labute approximate surface area is 399 Å². The summed E-state index contributed by atoms with van der Waals surface area (Å²) in [5.74, 6) is 0.834. The average molecular weight is 906 g/mol. The zero-order valence-corrected chi connectivity index (χ0v) is 43.9. The predicted molar refractivity (Wildman–Crippen MR) is 275 cm³/mol. The van der Waals surface area contributed by atoms with Gasteiger partial charge in [0.1, 0.15) is 13.2 Å². The number of carbonyl (C=O) groups is 3. The van der Waals surface area contributed by atoms with Crippen LogP contribution in [0.4, 0.5) is 0 Å². The van der Waals surface area contributed by atoms with Crippen LogP contribution < -0.4 is 0 Å². The highest BCUT2D eigenvalue weighted by atomic mass is 16.6. The van der Waals surface area contributed by atoms with Gasteiger partial charge in [0.05, 0.1) is 0 Å². The first-order chi connectivity index (χ1) is 31.2. The summed E-state index contributed by atoms with van der Waals surface area (Å²) in [7, 11) is 0. The molecule has 6 nitrogen and oxygen atoms in total. The van der Waals surface area contributed by atoms with Gasteiger partial charge in [-0.25, -0.2) is 0 Å². The van der Waals surface area contributed by atoms with Crippen LogP contribution in [-0.4, -0.2) is 37.2 Å². The quantitative estimate of drug-likeness (QED) is 0.0344. The number of hydrogen-bond donors (Lipinski definition) is 0. The van der Waals surface area contributed by atoms with E-state index in [1.807, 2.05) is 0 Å². The number of unbranched alkanes of at least 4 members (excludes halogenated alkanes) is 37. The molecule has 0 aromatic rings. The number of hydrogen-bond acceptors (Lipinski definition) is 6. The summed E-state index contributed by atoms with van der Waals surface area (Å²) >= 11 is 0. The monoisotopic (exact) mass is 905 g/mol.